The molecular formula is C16H16ClF2NO. The Balaban J connectivity index is 2.38. The molecule has 0 aliphatic carbocycles. The molecule has 2 nitrogen and oxygen atoms in total. The molecule has 0 aliphatic heterocycles. The van der Waals surface area contributed by atoms with Gasteiger partial charge in [-0.25, -0.2) is 4.39 Å². The monoisotopic (exact) mass is 311 g/mol. The van der Waals surface area contributed by atoms with Crippen molar-refractivity contribution in [1.29, 1.82) is 0 Å². The lowest BCUT2D eigenvalue weighted by Crippen LogP contribution is -2.32. The van der Waals surface area contributed by atoms with Gasteiger partial charge in [-0.05, 0) is 24.6 Å². The maximum Gasteiger partial charge on any atom is 0.200 e. The van der Waals surface area contributed by atoms with Gasteiger partial charge in [0.2, 0.25) is 5.82 Å². The molecule has 0 spiro atoms. The van der Waals surface area contributed by atoms with Gasteiger partial charge in [0.15, 0.2) is 11.6 Å². The highest BCUT2D eigenvalue weighted by Crippen LogP contribution is 2.32. The molecule has 2 aromatic rings. The van der Waals surface area contributed by atoms with Crippen molar-refractivity contribution >= 4 is 11.6 Å². The minimum Gasteiger partial charge on any atom is -0.481 e. The fourth-order valence-corrected chi connectivity index (χ4v) is 2.26. The van der Waals surface area contributed by atoms with E-state index in [4.69, 9.17) is 22.1 Å². The zero-order valence-electron chi connectivity index (χ0n) is 11.5. The van der Waals surface area contributed by atoms with Crippen LogP contribution in [0.15, 0.2) is 42.5 Å². The molecule has 0 fully saturated rings. The highest BCUT2D eigenvalue weighted by molar-refractivity contribution is 6.31. The number of benzene rings is 2. The van der Waals surface area contributed by atoms with Crippen LogP contribution in [0, 0.1) is 11.6 Å². The Bertz CT molecular complexity index is 621. The Morgan fingerprint density at radius 2 is 1.86 bits per heavy atom. The maximum absolute atomic E-state index is 13.8. The summed E-state index contributed by atoms with van der Waals surface area (Å²) in [7, 11) is 0. The highest BCUT2D eigenvalue weighted by atomic mass is 35.5. The molecule has 0 aromatic heterocycles. The van der Waals surface area contributed by atoms with E-state index in [0.29, 0.717) is 17.0 Å². The summed E-state index contributed by atoms with van der Waals surface area (Å²) >= 11 is 6.15. The Kier molecular flexibility index (Phi) is 5.15. The minimum absolute atomic E-state index is 0.177. The van der Waals surface area contributed by atoms with Gasteiger partial charge in [-0.2, -0.15) is 4.39 Å². The summed E-state index contributed by atoms with van der Waals surface area (Å²) in [6.45, 7) is 1.89. The normalized spacial score (nSPS) is 13.8. The van der Waals surface area contributed by atoms with Gasteiger partial charge in [0, 0.05) is 16.6 Å². The van der Waals surface area contributed by atoms with Crippen LogP contribution in [-0.2, 0) is 0 Å². The van der Waals surface area contributed by atoms with Crippen molar-refractivity contribution in [3.05, 3.63) is 64.7 Å². The molecule has 21 heavy (non-hydrogen) atoms. The Morgan fingerprint density at radius 1 is 1.14 bits per heavy atom. The molecule has 0 radical (unpaired) electrons. The molecule has 112 valence electrons. The number of nitrogens with two attached hydrogens (primary N) is 1. The number of ether oxygens (including phenoxy) is 1. The van der Waals surface area contributed by atoms with Gasteiger partial charge in [0.05, 0.1) is 0 Å². The molecule has 2 aromatic carbocycles. The van der Waals surface area contributed by atoms with Gasteiger partial charge >= 0.3 is 0 Å². The molecule has 2 atom stereocenters. The molecule has 2 unspecified atom stereocenters. The summed E-state index contributed by atoms with van der Waals surface area (Å²) in [4.78, 5) is 0. The van der Waals surface area contributed by atoms with E-state index in [1.165, 1.54) is 12.1 Å². The standard InChI is InChI=1S/C16H16ClF2NO/c1-2-13(20)16(10-6-3-4-7-11(10)17)21-14-9-5-8-12(18)15(14)19/h3-9,13,16H,2,20H2,1H3. The van der Waals surface area contributed by atoms with E-state index in [2.05, 4.69) is 0 Å². The quantitative estimate of drug-likeness (QED) is 0.884. The molecular weight excluding hydrogens is 296 g/mol. The van der Waals surface area contributed by atoms with Gasteiger partial charge in [-0.1, -0.05) is 42.8 Å². The third kappa shape index (κ3) is 3.52. The van der Waals surface area contributed by atoms with Crippen molar-refractivity contribution in [2.75, 3.05) is 0 Å². The number of hydrogen-bond acceptors (Lipinski definition) is 2. The van der Waals surface area contributed by atoms with E-state index in [-0.39, 0.29) is 5.75 Å². The van der Waals surface area contributed by atoms with Crippen LogP contribution in [0.5, 0.6) is 5.75 Å². The lowest BCUT2D eigenvalue weighted by molar-refractivity contribution is 0.162. The smallest absolute Gasteiger partial charge is 0.200 e. The third-order valence-corrected chi connectivity index (χ3v) is 3.59. The first kappa shape index (κ1) is 15.7. The Hall–Kier alpha value is -1.65. The van der Waals surface area contributed by atoms with Crippen molar-refractivity contribution in [3.8, 4) is 5.75 Å². The van der Waals surface area contributed by atoms with E-state index in [0.717, 1.165) is 6.07 Å². The second kappa shape index (κ2) is 6.87. The van der Waals surface area contributed by atoms with Crippen molar-refractivity contribution < 1.29 is 13.5 Å². The number of rotatable bonds is 5. The molecule has 0 aliphatic rings. The largest absolute Gasteiger partial charge is 0.481 e. The lowest BCUT2D eigenvalue weighted by atomic mass is 10.0. The van der Waals surface area contributed by atoms with Crippen LogP contribution in [0.2, 0.25) is 5.02 Å². The van der Waals surface area contributed by atoms with Gasteiger partial charge in [0.1, 0.15) is 6.10 Å². The summed E-state index contributed by atoms with van der Waals surface area (Å²) < 4.78 is 32.7. The SMILES string of the molecule is CCC(N)C(Oc1cccc(F)c1F)c1ccccc1Cl. The van der Waals surface area contributed by atoms with Crippen molar-refractivity contribution in [3.63, 3.8) is 0 Å². The van der Waals surface area contributed by atoms with Crippen LogP contribution in [0.1, 0.15) is 25.0 Å². The van der Waals surface area contributed by atoms with E-state index < -0.39 is 23.8 Å². The van der Waals surface area contributed by atoms with Gasteiger partial charge < -0.3 is 10.5 Å². The van der Waals surface area contributed by atoms with Crippen LogP contribution < -0.4 is 10.5 Å². The molecule has 2 N–H and O–H groups in total. The molecule has 5 heteroatoms. The zero-order valence-corrected chi connectivity index (χ0v) is 12.3. The lowest BCUT2D eigenvalue weighted by Gasteiger charge is -2.25. The molecule has 0 saturated carbocycles. The second-order valence-electron chi connectivity index (χ2n) is 4.68. The van der Waals surface area contributed by atoms with E-state index in [9.17, 15) is 8.78 Å². The first-order chi connectivity index (χ1) is 10.0. The average molecular weight is 312 g/mol. The van der Waals surface area contributed by atoms with Crippen molar-refractivity contribution in [2.24, 2.45) is 5.73 Å². The molecule has 0 heterocycles. The van der Waals surface area contributed by atoms with Crippen LogP contribution >= 0.6 is 11.6 Å². The van der Waals surface area contributed by atoms with Gasteiger partial charge in [-0.3, -0.25) is 0 Å². The molecule has 0 amide bonds. The van der Waals surface area contributed by atoms with Gasteiger partial charge in [0.25, 0.3) is 0 Å². The van der Waals surface area contributed by atoms with E-state index in [1.807, 2.05) is 6.92 Å². The predicted octanol–water partition coefficient (Wildman–Crippen LogP) is 4.48. The van der Waals surface area contributed by atoms with Crippen LogP contribution in [0.3, 0.4) is 0 Å². The van der Waals surface area contributed by atoms with Crippen molar-refractivity contribution in [2.45, 2.75) is 25.5 Å². The minimum atomic E-state index is -1.03. The fraction of sp³-hybridized carbons (Fsp3) is 0.250. The Labute approximate surface area is 127 Å². The second-order valence-corrected chi connectivity index (χ2v) is 5.09. The summed E-state index contributed by atoms with van der Waals surface area (Å²) in [5, 5.41) is 0.475. The van der Waals surface area contributed by atoms with Gasteiger partial charge in [-0.15, -0.1) is 0 Å². The summed E-state index contributed by atoms with van der Waals surface area (Å²) in [5.41, 5.74) is 6.70. The first-order valence-electron chi connectivity index (χ1n) is 6.65. The summed E-state index contributed by atoms with van der Waals surface area (Å²) in [5.74, 6) is -2.17. The molecule has 0 saturated heterocycles. The molecule has 0 bridgehead atoms. The first-order valence-corrected chi connectivity index (χ1v) is 7.03. The van der Waals surface area contributed by atoms with E-state index >= 15 is 0 Å². The zero-order chi connectivity index (χ0) is 15.4. The van der Waals surface area contributed by atoms with Crippen molar-refractivity contribution in [1.82, 2.24) is 0 Å². The number of halogens is 3. The maximum atomic E-state index is 13.8. The highest BCUT2D eigenvalue weighted by Gasteiger charge is 2.24. The topological polar surface area (TPSA) is 35.2 Å². The fourth-order valence-electron chi connectivity index (χ4n) is 2.01. The summed E-state index contributed by atoms with van der Waals surface area (Å²) in [6.07, 6.45) is -0.0488. The average Bonchev–Trinajstić information content (AvgIpc) is 2.49. The predicted molar refractivity (Wildman–Crippen MR) is 79.4 cm³/mol. The number of hydrogen-bond donors (Lipinski definition) is 1. The summed E-state index contributed by atoms with van der Waals surface area (Å²) in [6, 6.07) is 10.4. The van der Waals surface area contributed by atoms with Crippen LogP contribution in [0.25, 0.3) is 0 Å². The molecule has 2 rings (SSSR count). The Morgan fingerprint density at radius 3 is 2.52 bits per heavy atom. The third-order valence-electron chi connectivity index (χ3n) is 3.24. The van der Waals surface area contributed by atoms with Crippen LogP contribution in [-0.4, -0.2) is 6.04 Å². The van der Waals surface area contributed by atoms with Crippen LogP contribution in [0.4, 0.5) is 8.78 Å². The van der Waals surface area contributed by atoms with E-state index in [1.54, 1.807) is 24.3 Å².